The zero-order valence-corrected chi connectivity index (χ0v) is 13.5. The van der Waals surface area contributed by atoms with Crippen LogP contribution in [0, 0.1) is 0 Å². The lowest BCUT2D eigenvalue weighted by Crippen LogP contribution is -2.45. The molecule has 3 rings (SSSR count). The van der Waals surface area contributed by atoms with E-state index in [9.17, 15) is 18.3 Å². The summed E-state index contributed by atoms with van der Waals surface area (Å²) in [5.74, 6) is -0.430. The zero-order valence-electron chi connectivity index (χ0n) is 12.7. The molecule has 2 aromatic heterocycles. The summed E-state index contributed by atoms with van der Waals surface area (Å²) in [6.07, 6.45) is -2.81. The van der Waals surface area contributed by atoms with E-state index in [-0.39, 0.29) is 6.54 Å². The minimum absolute atomic E-state index is 0.0946. The van der Waals surface area contributed by atoms with Crippen LogP contribution in [0.25, 0.3) is 10.2 Å². The van der Waals surface area contributed by atoms with E-state index in [1.807, 2.05) is 24.3 Å². The molecule has 3 aromatic rings. The van der Waals surface area contributed by atoms with Crippen LogP contribution in [-0.4, -0.2) is 32.4 Å². The zero-order chi connectivity index (χ0) is 17.4. The van der Waals surface area contributed by atoms with Gasteiger partial charge in [0.1, 0.15) is 5.82 Å². The van der Waals surface area contributed by atoms with Crippen molar-refractivity contribution in [3.8, 4) is 0 Å². The molecule has 1 aromatic carbocycles. The lowest BCUT2D eigenvalue weighted by molar-refractivity contribution is -0.271. The van der Waals surface area contributed by atoms with Crippen molar-refractivity contribution in [3.63, 3.8) is 0 Å². The molecule has 0 aliphatic rings. The van der Waals surface area contributed by atoms with Gasteiger partial charge in [0, 0.05) is 32.4 Å². The molecule has 24 heavy (non-hydrogen) atoms. The van der Waals surface area contributed by atoms with Crippen molar-refractivity contribution >= 4 is 26.7 Å². The SMILES string of the molecule is Cn1ccnc1[C@@](O)(CCNc1nc2ccccc2s1)C(F)(F)F. The summed E-state index contributed by atoms with van der Waals surface area (Å²) in [5, 5.41) is 13.6. The van der Waals surface area contributed by atoms with Crippen LogP contribution in [0.2, 0.25) is 0 Å². The number of aryl methyl sites for hydroxylation is 1. The summed E-state index contributed by atoms with van der Waals surface area (Å²) in [4.78, 5) is 7.97. The largest absolute Gasteiger partial charge is 0.424 e. The highest BCUT2D eigenvalue weighted by Crippen LogP contribution is 2.40. The van der Waals surface area contributed by atoms with E-state index < -0.39 is 24.0 Å². The second kappa shape index (κ2) is 6.06. The molecular formula is C15H15F3N4OS. The van der Waals surface area contributed by atoms with Crippen LogP contribution in [0.4, 0.5) is 18.3 Å². The molecular weight excluding hydrogens is 341 g/mol. The standard InChI is InChI=1S/C15H15F3N4OS/c1-22-9-8-19-12(22)14(23,15(16,17)18)6-7-20-13-21-10-4-2-3-5-11(10)24-13/h2-5,8-9,23H,6-7H2,1H3,(H,20,21)/t14-/m0/s1. The van der Waals surface area contributed by atoms with Crippen LogP contribution in [-0.2, 0) is 12.6 Å². The predicted octanol–water partition coefficient (Wildman–Crippen LogP) is 3.28. The Kier molecular flexibility index (Phi) is 4.22. The lowest BCUT2D eigenvalue weighted by Gasteiger charge is -2.29. The van der Waals surface area contributed by atoms with Gasteiger partial charge in [0.2, 0.25) is 5.60 Å². The van der Waals surface area contributed by atoms with Crippen LogP contribution in [0.5, 0.6) is 0 Å². The summed E-state index contributed by atoms with van der Waals surface area (Å²) < 4.78 is 42.3. The fourth-order valence-electron chi connectivity index (χ4n) is 2.44. The van der Waals surface area contributed by atoms with Gasteiger partial charge in [-0.05, 0) is 12.1 Å². The molecule has 0 radical (unpaired) electrons. The number of alkyl halides is 3. The molecule has 2 N–H and O–H groups in total. The minimum atomic E-state index is -4.83. The van der Waals surface area contributed by atoms with E-state index in [2.05, 4.69) is 15.3 Å². The van der Waals surface area contributed by atoms with Gasteiger partial charge in [0.25, 0.3) is 0 Å². The summed E-state index contributed by atoms with van der Waals surface area (Å²) in [6.45, 7) is -0.0946. The van der Waals surface area contributed by atoms with Crippen molar-refractivity contribution in [1.29, 1.82) is 0 Å². The number of fused-ring (bicyclic) bond motifs is 1. The molecule has 1 atom stereocenters. The summed E-state index contributed by atoms with van der Waals surface area (Å²) >= 11 is 1.35. The third-order valence-electron chi connectivity index (χ3n) is 3.72. The quantitative estimate of drug-likeness (QED) is 0.736. The van der Waals surface area contributed by atoms with Crippen LogP contribution in [0.15, 0.2) is 36.7 Å². The molecule has 9 heteroatoms. The molecule has 128 valence electrons. The first-order chi connectivity index (χ1) is 11.3. The monoisotopic (exact) mass is 356 g/mol. The average Bonchev–Trinajstić information content (AvgIpc) is 3.11. The van der Waals surface area contributed by atoms with E-state index >= 15 is 0 Å². The summed E-state index contributed by atoms with van der Waals surface area (Å²) in [7, 11) is 1.42. The van der Waals surface area contributed by atoms with E-state index in [4.69, 9.17) is 0 Å². The van der Waals surface area contributed by atoms with Gasteiger partial charge in [-0.3, -0.25) is 0 Å². The molecule has 0 saturated carbocycles. The minimum Gasteiger partial charge on any atom is -0.374 e. The summed E-state index contributed by atoms with van der Waals surface area (Å²) in [6, 6.07) is 7.43. The maximum absolute atomic E-state index is 13.4. The van der Waals surface area contributed by atoms with Crippen LogP contribution in [0.3, 0.4) is 0 Å². The number of hydrogen-bond acceptors (Lipinski definition) is 5. The Balaban J connectivity index is 1.76. The lowest BCUT2D eigenvalue weighted by atomic mass is 9.98. The number of aliphatic hydroxyl groups is 1. The molecule has 0 bridgehead atoms. The maximum atomic E-state index is 13.4. The maximum Gasteiger partial charge on any atom is 0.424 e. The topological polar surface area (TPSA) is 63.0 Å². The number of hydrogen-bond donors (Lipinski definition) is 2. The van der Waals surface area contributed by atoms with Crippen molar-refractivity contribution in [1.82, 2.24) is 14.5 Å². The number of benzene rings is 1. The summed E-state index contributed by atoms with van der Waals surface area (Å²) in [5.41, 5.74) is -2.24. The van der Waals surface area contributed by atoms with E-state index in [0.717, 1.165) is 10.2 Å². The van der Waals surface area contributed by atoms with Crippen molar-refractivity contribution in [2.75, 3.05) is 11.9 Å². The van der Waals surface area contributed by atoms with Gasteiger partial charge in [0.05, 0.1) is 10.2 Å². The van der Waals surface area contributed by atoms with Gasteiger partial charge in [0.15, 0.2) is 5.13 Å². The first-order valence-electron chi connectivity index (χ1n) is 7.17. The van der Waals surface area contributed by atoms with Gasteiger partial charge in [-0.1, -0.05) is 23.5 Å². The number of imidazole rings is 1. The number of nitrogens with zero attached hydrogens (tertiary/aromatic N) is 3. The van der Waals surface area contributed by atoms with E-state index in [1.165, 1.54) is 35.3 Å². The van der Waals surface area contributed by atoms with Crippen molar-refractivity contribution < 1.29 is 18.3 Å². The second-order valence-electron chi connectivity index (χ2n) is 5.38. The molecule has 0 unspecified atom stereocenters. The molecule has 0 aliphatic heterocycles. The van der Waals surface area contributed by atoms with E-state index in [0.29, 0.717) is 5.13 Å². The Labute approximate surface area is 139 Å². The Hall–Kier alpha value is -2.13. The molecule has 2 heterocycles. The Morgan fingerprint density at radius 2 is 2.04 bits per heavy atom. The molecule has 0 saturated heterocycles. The molecule has 0 spiro atoms. The number of aromatic nitrogens is 3. The predicted molar refractivity (Wildman–Crippen MR) is 85.9 cm³/mol. The highest BCUT2D eigenvalue weighted by molar-refractivity contribution is 7.22. The fraction of sp³-hybridized carbons (Fsp3) is 0.333. The number of anilines is 1. The van der Waals surface area contributed by atoms with Crippen molar-refractivity contribution in [2.45, 2.75) is 18.2 Å². The number of para-hydroxylation sites is 1. The highest BCUT2D eigenvalue weighted by Gasteiger charge is 2.57. The molecule has 0 fully saturated rings. The first kappa shape index (κ1) is 16.7. The van der Waals surface area contributed by atoms with Crippen LogP contribution >= 0.6 is 11.3 Å². The van der Waals surface area contributed by atoms with E-state index in [1.54, 1.807) is 0 Å². The van der Waals surface area contributed by atoms with Gasteiger partial charge < -0.3 is 15.0 Å². The van der Waals surface area contributed by atoms with Crippen molar-refractivity contribution in [3.05, 3.63) is 42.5 Å². The average molecular weight is 356 g/mol. The Morgan fingerprint density at radius 3 is 2.67 bits per heavy atom. The number of halogens is 3. The first-order valence-corrected chi connectivity index (χ1v) is 7.99. The van der Waals surface area contributed by atoms with Crippen LogP contribution in [0.1, 0.15) is 12.2 Å². The van der Waals surface area contributed by atoms with Gasteiger partial charge in [-0.15, -0.1) is 0 Å². The van der Waals surface area contributed by atoms with Gasteiger partial charge in [-0.25, -0.2) is 9.97 Å². The third-order valence-corrected chi connectivity index (χ3v) is 4.71. The Bertz CT molecular complexity index is 811. The highest BCUT2D eigenvalue weighted by atomic mass is 32.1. The molecule has 0 aliphatic carbocycles. The number of rotatable bonds is 5. The second-order valence-corrected chi connectivity index (χ2v) is 6.41. The Morgan fingerprint density at radius 1 is 1.29 bits per heavy atom. The number of thiazole rings is 1. The van der Waals surface area contributed by atoms with Gasteiger partial charge in [-0.2, -0.15) is 13.2 Å². The van der Waals surface area contributed by atoms with Crippen LogP contribution < -0.4 is 5.32 Å². The molecule has 5 nitrogen and oxygen atoms in total. The van der Waals surface area contributed by atoms with Gasteiger partial charge >= 0.3 is 6.18 Å². The number of nitrogens with one attached hydrogen (secondary N) is 1. The molecule has 0 amide bonds. The normalized spacial score (nSPS) is 14.7. The fourth-order valence-corrected chi connectivity index (χ4v) is 3.33. The van der Waals surface area contributed by atoms with Crippen molar-refractivity contribution in [2.24, 2.45) is 7.05 Å². The smallest absolute Gasteiger partial charge is 0.374 e. The third kappa shape index (κ3) is 2.96.